The van der Waals surface area contributed by atoms with Crippen LogP contribution >= 0.6 is 0 Å². The Kier molecular flexibility index (Phi) is 7.16. The van der Waals surface area contributed by atoms with E-state index < -0.39 is 50.3 Å². The quantitative estimate of drug-likeness (QED) is 0.387. The van der Waals surface area contributed by atoms with Crippen molar-refractivity contribution in [3.63, 3.8) is 0 Å². The molecular formula is C23H22F4N4O3S. The summed E-state index contributed by atoms with van der Waals surface area (Å²) in [5, 5.41) is 9.13. The van der Waals surface area contributed by atoms with Crippen molar-refractivity contribution in [2.24, 2.45) is 0 Å². The van der Waals surface area contributed by atoms with Crippen LogP contribution in [-0.4, -0.2) is 26.6 Å². The minimum Gasteiger partial charge on any atom is -0.437 e. The van der Waals surface area contributed by atoms with Crippen LogP contribution in [0.15, 0.2) is 47.4 Å². The van der Waals surface area contributed by atoms with Gasteiger partial charge in [-0.25, -0.2) is 13.4 Å². The Hall–Kier alpha value is -3.54. The summed E-state index contributed by atoms with van der Waals surface area (Å²) < 4.78 is 79.8. The number of nitrogens with zero attached hydrogens (tertiary/aromatic N) is 2. The lowest BCUT2D eigenvalue weighted by atomic mass is 10.0. The van der Waals surface area contributed by atoms with Crippen LogP contribution in [0.1, 0.15) is 46.9 Å². The van der Waals surface area contributed by atoms with Gasteiger partial charge in [-0.05, 0) is 48.2 Å². The number of carbonyl (C=O) groups is 1. The standard InChI is InChI=1S/C23H22F4N4O3S/c1-12(2)17-9-8-14(24)10-18(17)34-22-19(13(3)20(30-31-22)23(25,26)27)21(32)29-15-6-5-7-16(11-15)35(4,28)33/h5-12,28H,1-4H3,(H,29,32). The minimum atomic E-state index is -4.90. The lowest BCUT2D eigenvalue weighted by molar-refractivity contribution is -0.142. The van der Waals surface area contributed by atoms with Crippen LogP contribution in [0.2, 0.25) is 0 Å². The molecule has 0 aliphatic carbocycles. The maximum absolute atomic E-state index is 13.9. The molecule has 186 valence electrons. The Morgan fingerprint density at radius 1 is 1.14 bits per heavy atom. The van der Waals surface area contributed by atoms with Crippen molar-refractivity contribution in [2.75, 3.05) is 11.6 Å². The number of nitrogens with one attached hydrogen (secondary N) is 2. The summed E-state index contributed by atoms with van der Waals surface area (Å²) in [6.45, 7) is 4.66. The molecule has 0 aliphatic heterocycles. The normalized spacial score (nSPS) is 13.4. The van der Waals surface area contributed by atoms with E-state index in [0.717, 1.165) is 13.0 Å². The Labute approximate surface area is 199 Å². The van der Waals surface area contributed by atoms with E-state index >= 15 is 0 Å². The molecule has 0 bridgehead atoms. The molecule has 1 amide bonds. The van der Waals surface area contributed by atoms with Crippen molar-refractivity contribution in [2.45, 2.75) is 37.8 Å². The molecule has 0 radical (unpaired) electrons. The molecule has 3 aromatic rings. The summed E-state index contributed by atoms with van der Waals surface area (Å²) in [4.78, 5) is 13.3. The fraction of sp³-hybridized carbons (Fsp3) is 0.261. The molecule has 2 aromatic carbocycles. The predicted octanol–water partition coefficient (Wildman–Crippen LogP) is 6.15. The van der Waals surface area contributed by atoms with E-state index in [2.05, 4.69) is 15.5 Å². The average molecular weight is 511 g/mol. The molecule has 35 heavy (non-hydrogen) atoms. The molecule has 0 saturated carbocycles. The highest BCUT2D eigenvalue weighted by Crippen LogP contribution is 2.37. The Balaban J connectivity index is 2.12. The monoisotopic (exact) mass is 510 g/mol. The molecule has 0 saturated heterocycles. The maximum atomic E-state index is 13.9. The molecule has 0 spiro atoms. The zero-order valence-corrected chi connectivity index (χ0v) is 20.0. The molecule has 1 unspecified atom stereocenters. The van der Waals surface area contributed by atoms with Gasteiger partial charge in [-0.15, -0.1) is 10.2 Å². The van der Waals surface area contributed by atoms with Gasteiger partial charge in [0.25, 0.3) is 11.8 Å². The smallest absolute Gasteiger partial charge is 0.435 e. The summed E-state index contributed by atoms with van der Waals surface area (Å²) in [5.74, 6) is -2.36. The van der Waals surface area contributed by atoms with E-state index in [1.165, 1.54) is 42.7 Å². The van der Waals surface area contributed by atoms with Crippen molar-refractivity contribution in [3.8, 4) is 11.6 Å². The SMILES string of the molecule is Cc1c(C(F)(F)F)nnc(Oc2cc(F)ccc2C(C)C)c1C(=O)Nc1cccc(S(C)(=N)=O)c1. The molecule has 1 aromatic heterocycles. The third-order valence-corrected chi connectivity index (χ3v) is 6.18. The van der Waals surface area contributed by atoms with Gasteiger partial charge in [0.05, 0.1) is 9.73 Å². The number of anilines is 1. The van der Waals surface area contributed by atoms with Gasteiger partial charge in [0, 0.05) is 22.9 Å². The molecule has 1 atom stereocenters. The van der Waals surface area contributed by atoms with Crippen molar-refractivity contribution < 1.29 is 31.3 Å². The van der Waals surface area contributed by atoms with Gasteiger partial charge >= 0.3 is 6.18 Å². The van der Waals surface area contributed by atoms with E-state index in [1.54, 1.807) is 0 Å². The second-order valence-electron chi connectivity index (χ2n) is 8.12. The van der Waals surface area contributed by atoms with Crippen LogP contribution in [0.25, 0.3) is 0 Å². The summed E-state index contributed by atoms with van der Waals surface area (Å²) in [6, 6.07) is 9.30. The predicted molar refractivity (Wildman–Crippen MR) is 122 cm³/mol. The number of benzene rings is 2. The Morgan fingerprint density at radius 2 is 1.83 bits per heavy atom. The number of aromatic nitrogens is 2. The van der Waals surface area contributed by atoms with Crippen LogP contribution in [-0.2, 0) is 15.9 Å². The van der Waals surface area contributed by atoms with Gasteiger partial charge in [-0.2, -0.15) is 13.2 Å². The maximum Gasteiger partial charge on any atom is 0.435 e. The summed E-state index contributed by atoms with van der Waals surface area (Å²) >= 11 is 0. The molecule has 12 heteroatoms. The number of hydrogen-bond donors (Lipinski definition) is 2. The lowest BCUT2D eigenvalue weighted by Gasteiger charge is -2.18. The first-order chi connectivity index (χ1) is 16.2. The molecule has 1 heterocycles. The third kappa shape index (κ3) is 5.94. The number of halogens is 4. The molecule has 7 nitrogen and oxygen atoms in total. The number of ether oxygens (including phenoxy) is 1. The van der Waals surface area contributed by atoms with Crippen molar-refractivity contribution in [1.82, 2.24) is 10.2 Å². The molecule has 0 fully saturated rings. The van der Waals surface area contributed by atoms with Crippen LogP contribution in [0.4, 0.5) is 23.2 Å². The topological polar surface area (TPSA) is 105 Å². The van der Waals surface area contributed by atoms with Crippen LogP contribution in [0.5, 0.6) is 11.6 Å². The number of rotatable bonds is 6. The van der Waals surface area contributed by atoms with Crippen molar-refractivity contribution in [1.29, 1.82) is 4.78 Å². The third-order valence-electron chi connectivity index (χ3n) is 5.03. The van der Waals surface area contributed by atoms with Crippen LogP contribution in [0.3, 0.4) is 0 Å². The Morgan fingerprint density at radius 3 is 2.43 bits per heavy atom. The highest BCUT2D eigenvalue weighted by atomic mass is 32.2. The fourth-order valence-electron chi connectivity index (χ4n) is 3.29. The molecule has 0 aliphatic rings. The fourth-order valence-corrected chi connectivity index (χ4v) is 3.98. The van der Waals surface area contributed by atoms with Gasteiger partial charge in [0.15, 0.2) is 5.69 Å². The number of amides is 1. The second-order valence-corrected chi connectivity index (χ2v) is 10.3. The molecular weight excluding hydrogens is 488 g/mol. The van der Waals surface area contributed by atoms with E-state index in [9.17, 15) is 26.6 Å². The summed E-state index contributed by atoms with van der Waals surface area (Å²) in [6.07, 6.45) is -3.71. The van der Waals surface area contributed by atoms with E-state index in [1.807, 2.05) is 13.8 Å². The first-order valence-corrected chi connectivity index (χ1v) is 12.2. The van der Waals surface area contributed by atoms with Gasteiger partial charge in [0.2, 0.25) is 0 Å². The highest BCUT2D eigenvalue weighted by Gasteiger charge is 2.38. The van der Waals surface area contributed by atoms with E-state index in [-0.39, 0.29) is 22.3 Å². The van der Waals surface area contributed by atoms with Crippen LogP contribution in [0, 0.1) is 17.5 Å². The van der Waals surface area contributed by atoms with Gasteiger partial charge in [-0.1, -0.05) is 26.0 Å². The molecule has 2 N–H and O–H groups in total. The van der Waals surface area contributed by atoms with E-state index in [4.69, 9.17) is 9.52 Å². The average Bonchev–Trinajstić information content (AvgIpc) is 2.72. The van der Waals surface area contributed by atoms with Crippen molar-refractivity contribution >= 4 is 21.3 Å². The van der Waals surface area contributed by atoms with Gasteiger partial charge in [-0.3, -0.25) is 4.79 Å². The second kappa shape index (κ2) is 9.61. The highest BCUT2D eigenvalue weighted by molar-refractivity contribution is 7.91. The molecule has 3 rings (SSSR count). The zero-order chi connectivity index (χ0) is 26.1. The summed E-state index contributed by atoms with van der Waals surface area (Å²) in [5.41, 5.74) is -1.84. The van der Waals surface area contributed by atoms with E-state index in [0.29, 0.717) is 5.56 Å². The Bertz CT molecular complexity index is 1390. The van der Waals surface area contributed by atoms with Gasteiger partial charge < -0.3 is 10.1 Å². The van der Waals surface area contributed by atoms with Crippen molar-refractivity contribution in [3.05, 3.63) is 70.7 Å². The first kappa shape index (κ1) is 26.1. The first-order valence-electron chi connectivity index (χ1n) is 10.3. The number of alkyl halides is 3. The lowest BCUT2D eigenvalue weighted by Crippen LogP contribution is -2.21. The number of hydrogen-bond acceptors (Lipinski definition) is 6. The van der Waals surface area contributed by atoms with Gasteiger partial charge in [0.1, 0.15) is 17.1 Å². The zero-order valence-electron chi connectivity index (χ0n) is 19.2. The number of carbonyl (C=O) groups excluding carboxylic acids is 1. The minimum absolute atomic E-state index is 0.0237. The van der Waals surface area contributed by atoms with Crippen LogP contribution < -0.4 is 10.1 Å². The summed E-state index contributed by atoms with van der Waals surface area (Å²) in [7, 11) is -3.11. The largest absolute Gasteiger partial charge is 0.437 e.